The highest BCUT2D eigenvalue weighted by Gasteiger charge is 2.48. The molecule has 0 aromatic carbocycles. The fraction of sp³-hybridized carbons (Fsp3) is 1.00. The van der Waals surface area contributed by atoms with Crippen LogP contribution in [0.4, 0.5) is 0 Å². The molecule has 0 amide bonds. The van der Waals surface area contributed by atoms with Crippen molar-refractivity contribution in [1.82, 2.24) is 0 Å². The molecule has 1 heterocycles. The van der Waals surface area contributed by atoms with Crippen LogP contribution in [-0.2, 0) is 13.3 Å². The lowest BCUT2D eigenvalue weighted by Crippen LogP contribution is -2.63. The smallest absolute Gasteiger partial charge is 0.374 e. The lowest BCUT2D eigenvalue weighted by atomic mass is 9.99. The predicted octanol–water partition coefficient (Wildman–Crippen LogP) is 1.28. The monoisotopic (exact) mass is 248 g/mol. The second-order valence-electron chi connectivity index (χ2n) is 5.23. The number of piperidine rings is 1. The Labute approximate surface area is 100 Å². The highest BCUT2D eigenvalue weighted by molar-refractivity contribution is 6.60. The standard InChI is InChI=1S/C11H26NO3Si/c1-11-7-6-8-12(2,9-11)10-16(13-3,14-4)15-5/h11H,6-10H2,1-5H3/q+1. The summed E-state index contributed by atoms with van der Waals surface area (Å²) in [6, 6.07) is 0. The maximum Gasteiger partial charge on any atom is 0.558 e. The highest BCUT2D eigenvalue weighted by Crippen LogP contribution is 2.24. The fourth-order valence-electron chi connectivity index (χ4n) is 2.81. The summed E-state index contributed by atoms with van der Waals surface area (Å²) in [4.78, 5) is 0. The minimum absolute atomic E-state index is 0.788. The molecule has 16 heavy (non-hydrogen) atoms. The number of quaternary nitrogens is 1. The predicted molar refractivity (Wildman–Crippen MR) is 66.0 cm³/mol. The Morgan fingerprint density at radius 2 is 1.75 bits per heavy atom. The van der Waals surface area contributed by atoms with Gasteiger partial charge in [-0.15, -0.1) is 0 Å². The first-order valence-corrected chi connectivity index (χ1v) is 7.91. The van der Waals surface area contributed by atoms with Crippen LogP contribution in [0.2, 0.25) is 0 Å². The van der Waals surface area contributed by atoms with Crippen molar-refractivity contribution in [2.75, 3.05) is 47.6 Å². The van der Waals surface area contributed by atoms with E-state index in [1.54, 1.807) is 21.3 Å². The summed E-state index contributed by atoms with van der Waals surface area (Å²) in [5.41, 5.74) is 0. The van der Waals surface area contributed by atoms with Crippen molar-refractivity contribution in [2.45, 2.75) is 19.8 Å². The van der Waals surface area contributed by atoms with Gasteiger partial charge in [0, 0.05) is 27.2 Å². The molecule has 2 unspecified atom stereocenters. The quantitative estimate of drug-likeness (QED) is 0.542. The SMILES string of the molecule is CO[Si](C[N+]1(C)CCCC(C)C1)(OC)OC. The molecule has 0 N–H and O–H groups in total. The van der Waals surface area contributed by atoms with Crippen LogP contribution in [0, 0.1) is 5.92 Å². The van der Waals surface area contributed by atoms with Gasteiger partial charge in [-0.1, -0.05) is 6.92 Å². The van der Waals surface area contributed by atoms with Crippen LogP contribution in [0.25, 0.3) is 0 Å². The van der Waals surface area contributed by atoms with E-state index in [2.05, 4.69) is 14.0 Å². The van der Waals surface area contributed by atoms with E-state index in [9.17, 15) is 0 Å². The number of hydrogen-bond acceptors (Lipinski definition) is 3. The van der Waals surface area contributed by atoms with Crippen molar-refractivity contribution in [1.29, 1.82) is 0 Å². The maximum absolute atomic E-state index is 5.52. The number of rotatable bonds is 5. The molecule has 1 aliphatic rings. The third kappa shape index (κ3) is 3.27. The van der Waals surface area contributed by atoms with Crippen molar-refractivity contribution in [3.8, 4) is 0 Å². The Bertz CT molecular complexity index is 215. The van der Waals surface area contributed by atoms with E-state index in [-0.39, 0.29) is 0 Å². The molecule has 0 spiro atoms. The molecule has 1 aliphatic heterocycles. The van der Waals surface area contributed by atoms with Crippen molar-refractivity contribution >= 4 is 8.80 Å². The van der Waals surface area contributed by atoms with E-state index in [0.717, 1.165) is 16.6 Å². The average Bonchev–Trinajstić information content (AvgIpc) is 2.26. The highest BCUT2D eigenvalue weighted by atomic mass is 28.4. The molecule has 4 nitrogen and oxygen atoms in total. The van der Waals surface area contributed by atoms with Crippen LogP contribution < -0.4 is 0 Å². The van der Waals surface area contributed by atoms with E-state index in [0.29, 0.717) is 0 Å². The maximum atomic E-state index is 5.52. The second kappa shape index (κ2) is 5.60. The van der Waals surface area contributed by atoms with Gasteiger partial charge in [-0.05, 0) is 12.8 Å². The molecule has 1 rings (SSSR count). The first-order valence-electron chi connectivity index (χ1n) is 5.98. The molecule has 0 saturated carbocycles. The third-order valence-corrected chi connectivity index (χ3v) is 6.67. The van der Waals surface area contributed by atoms with Crippen molar-refractivity contribution in [2.24, 2.45) is 5.92 Å². The summed E-state index contributed by atoms with van der Waals surface area (Å²) in [6.45, 7) is 4.73. The Kier molecular flexibility index (Phi) is 4.94. The molecule has 0 aliphatic carbocycles. The van der Waals surface area contributed by atoms with Crippen LogP contribution in [0.5, 0.6) is 0 Å². The summed E-state index contributed by atoms with van der Waals surface area (Å²) in [5, 5.41) is 0. The zero-order valence-corrected chi connectivity index (χ0v) is 12.3. The van der Waals surface area contributed by atoms with Gasteiger partial charge in [0.2, 0.25) is 0 Å². The minimum Gasteiger partial charge on any atom is -0.374 e. The summed E-state index contributed by atoms with van der Waals surface area (Å²) < 4.78 is 17.6. The summed E-state index contributed by atoms with van der Waals surface area (Å²) in [6.07, 6.45) is 3.51. The van der Waals surface area contributed by atoms with Crippen LogP contribution in [-0.4, -0.2) is 60.9 Å². The van der Waals surface area contributed by atoms with E-state index >= 15 is 0 Å². The molecule has 96 valence electrons. The lowest BCUT2D eigenvalue weighted by Gasteiger charge is -2.43. The molecule has 1 saturated heterocycles. The third-order valence-electron chi connectivity index (χ3n) is 3.66. The largest absolute Gasteiger partial charge is 0.558 e. The van der Waals surface area contributed by atoms with Crippen molar-refractivity contribution in [3.63, 3.8) is 0 Å². The van der Waals surface area contributed by atoms with Gasteiger partial charge in [-0.2, -0.15) is 0 Å². The molecule has 0 aromatic heterocycles. The number of hydrogen-bond donors (Lipinski definition) is 0. The molecule has 5 heteroatoms. The topological polar surface area (TPSA) is 27.7 Å². The Morgan fingerprint density at radius 3 is 2.19 bits per heavy atom. The van der Waals surface area contributed by atoms with Gasteiger partial charge in [-0.25, -0.2) is 0 Å². The Balaban J connectivity index is 2.68. The van der Waals surface area contributed by atoms with Gasteiger partial charge < -0.3 is 17.8 Å². The van der Waals surface area contributed by atoms with E-state index in [1.807, 2.05) is 0 Å². The average molecular weight is 248 g/mol. The van der Waals surface area contributed by atoms with Crippen LogP contribution >= 0.6 is 0 Å². The molecular weight excluding hydrogens is 222 g/mol. The summed E-state index contributed by atoms with van der Waals surface area (Å²) >= 11 is 0. The molecule has 0 aromatic rings. The lowest BCUT2D eigenvalue weighted by molar-refractivity contribution is -0.910. The van der Waals surface area contributed by atoms with E-state index < -0.39 is 8.80 Å². The number of likely N-dealkylation sites (tertiary alicyclic amines) is 1. The normalized spacial score (nSPS) is 31.7. The molecule has 0 bridgehead atoms. The van der Waals surface area contributed by atoms with Crippen molar-refractivity contribution in [3.05, 3.63) is 0 Å². The van der Waals surface area contributed by atoms with E-state index in [1.165, 1.54) is 25.9 Å². The van der Waals surface area contributed by atoms with Crippen molar-refractivity contribution < 1.29 is 17.8 Å². The van der Waals surface area contributed by atoms with Gasteiger partial charge in [0.05, 0.1) is 20.1 Å². The second-order valence-corrected chi connectivity index (χ2v) is 8.13. The molecular formula is C11H26NO3Si+. The van der Waals surface area contributed by atoms with Crippen LogP contribution in [0.15, 0.2) is 0 Å². The summed E-state index contributed by atoms with van der Waals surface area (Å²) in [7, 11) is 4.93. The Hall–Kier alpha value is 0.0569. The first-order chi connectivity index (χ1) is 7.49. The Morgan fingerprint density at radius 1 is 1.19 bits per heavy atom. The summed E-state index contributed by atoms with van der Waals surface area (Å²) in [5.74, 6) is 0.788. The van der Waals surface area contributed by atoms with Crippen LogP contribution in [0.3, 0.4) is 0 Å². The molecule has 0 radical (unpaired) electrons. The zero-order chi connectivity index (χ0) is 12.2. The van der Waals surface area contributed by atoms with Gasteiger partial charge in [-0.3, -0.25) is 0 Å². The van der Waals surface area contributed by atoms with E-state index in [4.69, 9.17) is 13.3 Å². The van der Waals surface area contributed by atoms with Gasteiger partial charge in [0.1, 0.15) is 6.17 Å². The zero-order valence-electron chi connectivity index (χ0n) is 11.3. The molecule has 2 atom stereocenters. The molecule has 1 fully saturated rings. The fourth-order valence-corrected chi connectivity index (χ4v) is 4.92. The van der Waals surface area contributed by atoms with Gasteiger partial charge in [0.25, 0.3) is 0 Å². The van der Waals surface area contributed by atoms with Gasteiger partial charge >= 0.3 is 8.80 Å². The number of nitrogens with zero attached hydrogens (tertiary/aromatic N) is 1. The minimum atomic E-state index is -2.43. The van der Waals surface area contributed by atoms with Crippen LogP contribution in [0.1, 0.15) is 19.8 Å². The first kappa shape index (κ1) is 14.1. The van der Waals surface area contributed by atoms with Gasteiger partial charge in [0.15, 0.2) is 0 Å².